The van der Waals surface area contributed by atoms with Crippen LogP contribution in [0, 0.1) is 6.92 Å². The van der Waals surface area contributed by atoms with Crippen molar-refractivity contribution in [3.05, 3.63) is 46.8 Å². The van der Waals surface area contributed by atoms with Crippen molar-refractivity contribution < 1.29 is 19.1 Å². The van der Waals surface area contributed by atoms with Gasteiger partial charge in [0.25, 0.3) is 11.8 Å². The molecular formula is C20H21N3O4. The number of likely N-dealkylation sites (N-methyl/N-ethyl adjacent to an activating group) is 1. The molecule has 2 aromatic rings. The molecule has 0 unspecified atom stereocenters. The minimum atomic E-state index is -0.200. The molecule has 140 valence electrons. The topological polar surface area (TPSA) is 83.7 Å². The van der Waals surface area contributed by atoms with Gasteiger partial charge in [-0.2, -0.15) is 0 Å². The zero-order valence-electron chi connectivity index (χ0n) is 15.3. The lowest BCUT2D eigenvalue weighted by Gasteiger charge is -2.17. The van der Waals surface area contributed by atoms with Crippen LogP contribution in [0.1, 0.15) is 27.3 Å². The van der Waals surface area contributed by atoms with E-state index in [1.54, 1.807) is 24.1 Å². The maximum Gasteiger partial charge on any atom is 0.256 e. The number of fused-ring (bicyclic) bond motifs is 2. The lowest BCUT2D eigenvalue weighted by atomic mass is 10.0. The molecule has 0 fully saturated rings. The van der Waals surface area contributed by atoms with Gasteiger partial charge < -0.3 is 24.7 Å². The van der Waals surface area contributed by atoms with E-state index in [9.17, 15) is 9.59 Å². The summed E-state index contributed by atoms with van der Waals surface area (Å²) in [5.74, 6) is 0.354. The highest BCUT2D eigenvalue weighted by molar-refractivity contribution is 6.35. The third kappa shape index (κ3) is 3.33. The molecule has 2 aliphatic rings. The van der Waals surface area contributed by atoms with Gasteiger partial charge in [0.2, 0.25) is 0 Å². The maximum atomic E-state index is 12.8. The molecule has 0 atom stereocenters. The predicted octanol–water partition coefficient (Wildman–Crippen LogP) is 2.30. The number of hydrogen-bond acceptors (Lipinski definition) is 4. The van der Waals surface area contributed by atoms with E-state index in [1.807, 2.05) is 25.1 Å². The van der Waals surface area contributed by atoms with Gasteiger partial charge in [0, 0.05) is 30.5 Å². The summed E-state index contributed by atoms with van der Waals surface area (Å²) in [5, 5.41) is 2.85. The van der Waals surface area contributed by atoms with Crippen LogP contribution < -0.4 is 10.1 Å². The van der Waals surface area contributed by atoms with Crippen molar-refractivity contribution in [1.29, 1.82) is 0 Å². The average Bonchev–Trinajstić information content (AvgIpc) is 3.16. The number of hydrogen-bond donors (Lipinski definition) is 2. The van der Waals surface area contributed by atoms with Crippen LogP contribution in [0.3, 0.4) is 0 Å². The third-order valence-corrected chi connectivity index (χ3v) is 4.69. The number of carbonyl (C=O) groups excluding carboxylic acids is 2. The number of nitrogens with one attached hydrogen (secondary N) is 2. The molecule has 0 radical (unpaired) electrons. The fourth-order valence-electron chi connectivity index (χ4n) is 3.27. The number of aromatic amines is 1. The Kier molecular flexibility index (Phi) is 4.45. The first-order valence-electron chi connectivity index (χ1n) is 8.86. The minimum absolute atomic E-state index is 0.117. The van der Waals surface area contributed by atoms with Crippen molar-refractivity contribution in [2.45, 2.75) is 6.92 Å². The van der Waals surface area contributed by atoms with Gasteiger partial charge in [-0.05, 0) is 37.3 Å². The van der Waals surface area contributed by atoms with Crippen LogP contribution in [-0.2, 0) is 9.53 Å². The number of H-pyrrole nitrogens is 1. The van der Waals surface area contributed by atoms with Gasteiger partial charge in [-0.3, -0.25) is 9.59 Å². The Hall–Kier alpha value is -3.06. The monoisotopic (exact) mass is 367 g/mol. The van der Waals surface area contributed by atoms with Crippen molar-refractivity contribution in [2.75, 3.05) is 38.7 Å². The number of benzene rings is 1. The van der Waals surface area contributed by atoms with Crippen LogP contribution in [0.2, 0.25) is 0 Å². The maximum absolute atomic E-state index is 12.8. The fraction of sp³-hybridized carbons (Fsp3) is 0.300. The van der Waals surface area contributed by atoms with Gasteiger partial charge in [0.1, 0.15) is 12.4 Å². The second kappa shape index (κ2) is 6.92. The largest absolute Gasteiger partial charge is 0.491 e. The van der Waals surface area contributed by atoms with E-state index in [4.69, 9.17) is 9.47 Å². The molecule has 2 amide bonds. The van der Waals surface area contributed by atoms with E-state index in [0.717, 1.165) is 16.9 Å². The molecule has 1 aromatic carbocycles. The number of aryl methyl sites for hydroxylation is 1. The number of aromatic nitrogens is 1. The van der Waals surface area contributed by atoms with Crippen molar-refractivity contribution >= 4 is 29.2 Å². The van der Waals surface area contributed by atoms with Crippen LogP contribution in [0.5, 0.6) is 5.75 Å². The van der Waals surface area contributed by atoms with E-state index >= 15 is 0 Å². The highest BCUT2D eigenvalue weighted by Crippen LogP contribution is 2.36. The van der Waals surface area contributed by atoms with Gasteiger partial charge in [0.05, 0.1) is 30.0 Å². The number of nitrogens with zero attached hydrogens (tertiary/aromatic N) is 1. The molecule has 0 spiro atoms. The Morgan fingerprint density at radius 3 is 2.78 bits per heavy atom. The molecule has 3 heterocycles. The van der Waals surface area contributed by atoms with Gasteiger partial charge in [0.15, 0.2) is 0 Å². The summed E-state index contributed by atoms with van der Waals surface area (Å²) in [4.78, 5) is 30.2. The Morgan fingerprint density at radius 1 is 1.07 bits per heavy atom. The van der Waals surface area contributed by atoms with E-state index in [0.29, 0.717) is 48.9 Å². The second-order valence-electron chi connectivity index (χ2n) is 6.69. The van der Waals surface area contributed by atoms with Gasteiger partial charge >= 0.3 is 0 Å². The number of rotatable bonds is 0. The molecule has 7 nitrogen and oxygen atoms in total. The second-order valence-corrected chi connectivity index (χ2v) is 6.69. The Bertz CT molecular complexity index is 945. The lowest BCUT2D eigenvalue weighted by molar-refractivity contribution is -0.110. The molecule has 2 aliphatic heterocycles. The fourth-order valence-corrected chi connectivity index (χ4v) is 3.27. The first-order valence-corrected chi connectivity index (χ1v) is 8.86. The Labute approximate surface area is 157 Å². The summed E-state index contributed by atoms with van der Waals surface area (Å²) in [6.07, 6.45) is 1.73. The van der Waals surface area contributed by atoms with Gasteiger partial charge in [-0.15, -0.1) is 0 Å². The van der Waals surface area contributed by atoms with Gasteiger partial charge in [-0.25, -0.2) is 0 Å². The molecule has 0 saturated carbocycles. The standard InChI is InChI=1S/C20H21N3O4/c1-12-9-16-18(21-12)11-15-14-10-13(3-4-17(14)22-19(15)24)27-8-7-26-6-5-23(2)20(16)25/h3-4,9-11,21H,5-8H2,1-2H3,(H,22,24)/b15-11-. The molecule has 2 bridgehead atoms. The van der Waals surface area contributed by atoms with Crippen molar-refractivity contribution in [2.24, 2.45) is 0 Å². The minimum Gasteiger partial charge on any atom is -0.491 e. The molecule has 2 N–H and O–H groups in total. The van der Waals surface area contributed by atoms with Crippen LogP contribution in [0.4, 0.5) is 5.69 Å². The molecule has 0 saturated heterocycles. The SMILES string of the molecule is Cc1cc2c([nH]1)/C=C1\C(=O)Nc3ccc(cc31)OCCOCCN(C)C2=O. The highest BCUT2D eigenvalue weighted by Gasteiger charge is 2.26. The average molecular weight is 367 g/mol. The van der Waals surface area contributed by atoms with Crippen molar-refractivity contribution in [3.63, 3.8) is 0 Å². The molecule has 27 heavy (non-hydrogen) atoms. The zero-order chi connectivity index (χ0) is 19.0. The van der Waals surface area contributed by atoms with Crippen molar-refractivity contribution in [3.8, 4) is 5.75 Å². The van der Waals surface area contributed by atoms with Crippen LogP contribution in [0.15, 0.2) is 24.3 Å². The first kappa shape index (κ1) is 17.4. The summed E-state index contributed by atoms with van der Waals surface area (Å²) in [6, 6.07) is 7.28. The predicted molar refractivity (Wildman–Crippen MR) is 102 cm³/mol. The van der Waals surface area contributed by atoms with Crippen LogP contribution in [0.25, 0.3) is 11.6 Å². The Balaban J connectivity index is 1.83. The van der Waals surface area contributed by atoms with E-state index < -0.39 is 0 Å². The van der Waals surface area contributed by atoms with E-state index in [1.165, 1.54) is 0 Å². The summed E-state index contributed by atoms with van der Waals surface area (Å²) >= 11 is 0. The molecule has 4 rings (SSSR count). The lowest BCUT2D eigenvalue weighted by Crippen LogP contribution is -2.30. The van der Waals surface area contributed by atoms with E-state index in [-0.39, 0.29) is 11.8 Å². The summed E-state index contributed by atoms with van der Waals surface area (Å²) in [7, 11) is 1.74. The molecule has 0 aliphatic carbocycles. The summed E-state index contributed by atoms with van der Waals surface area (Å²) < 4.78 is 11.3. The Morgan fingerprint density at radius 2 is 1.93 bits per heavy atom. The highest BCUT2D eigenvalue weighted by atomic mass is 16.5. The number of amides is 2. The van der Waals surface area contributed by atoms with Crippen molar-refractivity contribution in [1.82, 2.24) is 9.88 Å². The number of anilines is 1. The third-order valence-electron chi connectivity index (χ3n) is 4.69. The van der Waals surface area contributed by atoms with Crippen LogP contribution in [-0.4, -0.2) is 55.1 Å². The van der Waals surface area contributed by atoms with Gasteiger partial charge in [-0.1, -0.05) is 0 Å². The summed E-state index contributed by atoms with van der Waals surface area (Å²) in [5.41, 5.74) is 3.99. The number of carbonyl (C=O) groups is 2. The zero-order valence-corrected chi connectivity index (χ0v) is 15.3. The molecular weight excluding hydrogens is 346 g/mol. The normalized spacial score (nSPS) is 19.3. The van der Waals surface area contributed by atoms with Crippen LogP contribution >= 0.6 is 0 Å². The first-order chi connectivity index (χ1) is 13.0. The van der Waals surface area contributed by atoms with E-state index in [2.05, 4.69) is 10.3 Å². The molecule has 7 heteroatoms. The molecule has 1 aromatic heterocycles. The quantitative estimate of drug-likeness (QED) is 0.748. The smallest absolute Gasteiger partial charge is 0.256 e. The summed E-state index contributed by atoms with van der Waals surface area (Å²) in [6.45, 7) is 3.60. The number of ether oxygens (including phenoxy) is 2.